The quantitative estimate of drug-likeness (QED) is 0.388. The Kier molecular flexibility index (Phi) is 8.99. The van der Waals surface area contributed by atoms with Crippen molar-refractivity contribution in [2.45, 2.75) is 77.4 Å². The fourth-order valence-corrected chi connectivity index (χ4v) is 10.3. The van der Waals surface area contributed by atoms with Gasteiger partial charge in [-0.1, -0.05) is 101 Å². The highest BCUT2D eigenvalue weighted by atomic mass is 32.2. The monoisotopic (exact) mass is 513 g/mol. The maximum atomic E-state index is 12.4. The lowest BCUT2D eigenvalue weighted by molar-refractivity contribution is 0.183. The molecule has 2 aromatic rings. The van der Waals surface area contributed by atoms with Crippen molar-refractivity contribution in [2.75, 3.05) is 6.61 Å². The lowest BCUT2D eigenvalue weighted by Crippen LogP contribution is -2.67. The maximum absolute atomic E-state index is 12.4. The average Bonchev–Trinajstić information content (AvgIpc) is 2.72. The van der Waals surface area contributed by atoms with E-state index in [1.165, 1.54) is 10.4 Å². The van der Waals surface area contributed by atoms with Crippen molar-refractivity contribution in [1.82, 2.24) is 0 Å². The van der Waals surface area contributed by atoms with Crippen LogP contribution in [-0.2, 0) is 15.4 Å². The van der Waals surface area contributed by atoms with Crippen LogP contribution >= 0.6 is 0 Å². The molecule has 0 spiro atoms. The van der Waals surface area contributed by atoms with Crippen LogP contribution in [0, 0.1) is 16.9 Å². The van der Waals surface area contributed by atoms with Crippen LogP contribution in [0.15, 0.2) is 60.7 Å². The van der Waals surface area contributed by atoms with Gasteiger partial charge in [-0.2, -0.15) is 0 Å². The summed E-state index contributed by atoms with van der Waals surface area (Å²) in [5, 5.41) is 8.27. The van der Waals surface area contributed by atoms with Crippen LogP contribution in [0.25, 0.3) is 0 Å². The Labute approximate surface area is 212 Å². The van der Waals surface area contributed by atoms with E-state index in [-0.39, 0.29) is 5.04 Å². The molecule has 0 aliphatic carbocycles. The first-order valence-electron chi connectivity index (χ1n) is 12.0. The van der Waals surface area contributed by atoms with E-state index in [4.69, 9.17) is 9.56 Å². The standard InChI is InChI=1S/C28H43NO2SSi2/c1-26(2,3)34(24-16-12-10-13-17-24,25-18-14-11-15-19-25)31-23-28(6,20-21-33(7,8)9)22-27(4,5)32(29)30/h10-19H,22-23,29H2,1-9H3/t28-,32?/m0/s1. The van der Waals surface area contributed by atoms with Crippen molar-refractivity contribution in [3.8, 4) is 11.5 Å². The molecule has 2 atom stereocenters. The molecule has 0 bridgehead atoms. The third-order valence-corrected chi connectivity index (χ3v) is 13.2. The Morgan fingerprint density at radius 2 is 1.29 bits per heavy atom. The lowest BCUT2D eigenvalue weighted by atomic mass is 9.83. The molecule has 0 amide bonds. The summed E-state index contributed by atoms with van der Waals surface area (Å²) in [4.78, 5) is 0. The summed E-state index contributed by atoms with van der Waals surface area (Å²) in [5.74, 6) is 3.59. The van der Waals surface area contributed by atoms with E-state index < -0.39 is 37.5 Å². The van der Waals surface area contributed by atoms with Crippen molar-refractivity contribution in [2.24, 2.45) is 10.6 Å². The Balaban J connectivity index is 2.66. The largest absolute Gasteiger partial charge is 0.406 e. The van der Waals surface area contributed by atoms with Gasteiger partial charge in [0.05, 0.1) is 27.8 Å². The number of hydrogen-bond acceptors (Lipinski definition) is 2. The third-order valence-electron chi connectivity index (χ3n) is 6.12. The molecule has 0 heterocycles. The molecule has 0 aromatic heterocycles. The minimum atomic E-state index is -2.70. The number of benzene rings is 2. The normalized spacial score (nSPS) is 15.7. The average molecular weight is 514 g/mol. The van der Waals surface area contributed by atoms with Crippen LogP contribution in [0.1, 0.15) is 48.0 Å². The van der Waals surface area contributed by atoms with Gasteiger partial charge in [-0.3, -0.25) is 5.14 Å². The first-order chi connectivity index (χ1) is 15.5. The molecule has 0 saturated carbocycles. The van der Waals surface area contributed by atoms with E-state index in [0.29, 0.717) is 13.0 Å². The van der Waals surface area contributed by atoms with Crippen molar-refractivity contribution >= 4 is 37.8 Å². The summed E-state index contributed by atoms with van der Waals surface area (Å²) >= 11 is 0. The minimum absolute atomic E-state index is 0.116. The molecule has 0 fully saturated rings. The summed E-state index contributed by atoms with van der Waals surface area (Å²) < 4.78 is 19.0. The molecule has 1 unspecified atom stereocenters. The fraction of sp³-hybridized carbons (Fsp3) is 0.500. The predicted molar refractivity (Wildman–Crippen MR) is 154 cm³/mol. The van der Waals surface area contributed by atoms with Crippen molar-refractivity contribution in [3.05, 3.63) is 60.7 Å². The van der Waals surface area contributed by atoms with Crippen LogP contribution in [0.3, 0.4) is 0 Å². The Bertz CT molecular complexity index is 992. The topological polar surface area (TPSA) is 52.3 Å². The van der Waals surface area contributed by atoms with E-state index in [2.05, 4.69) is 119 Å². The number of hydrogen-bond donors (Lipinski definition) is 1. The Morgan fingerprint density at radius 3 is 1.65 bits per heavy atom. The smallest absolute Gasteiger partial charge is 0.261 e. The van der Waals surface area contributed by atoms with Gasteiger partial charge < -0.3 is 4.43 Å². The molecular formula is C28H43NO2SSi2. The molecule has 2 rings (SSSR count). The second kappa shape index (κ2) is 10.6. The molecular weight excluding hydrogens is 471 g/mol. The van der Waals surface area contributed by atoms with Gasteiger partial charge in [0.2, 0.25) is 0 Å². The van der Waals surface area contributed by atoms with Gasteiger partial charge in [-0.15, -0.1) is 11.5 Å². The molecule has 0 radical (unpaired) electrons. The van der Waals surface area contributed by atoms with Crippen molar-refractivity contribution in [3.63, 3.8) is 0 Å². The SMILES string of the molecule is CC(C)(C[C@](C)(C#C[Si](C)(C)C)CO[Si](c1ccccc1)(c1ccccc1)C(C)(C)C)S(N)=O. The van der Waals surface area contributed by atoms with Gasteiger partial charge in [0, 0.05) is 0 Å². The second-order valence-electron chi connectivity index (χ2n) is 12.2. The van der Waals surface area contributed by atoms with Crippen LogP contribution in [0.2, 0.25) is 24.7 Å². The molecule has 34 heavy (non-hydrogen) atoms. The van der Waals surface area contributed by atoms with Gasteiger partial charge in [0.1, 0.15) is 8.07 Å². The van der Waals surface area contributed by atoms with Gasteiger partial charge in [0.15, 0.2) is 0 Å². The van der Waals surface area contributed by atoms with Gasteiger partial charge in [-0.05, 0) is 42.6 Å². The first kappa shape index (κ1) is 28.7. The zero-order valence-electron chi connectivity index (χ0n) is 22.5. The molecule has 2 aromatic carbocycles. The third kappa shape index (κ3) is 7.02. The molecule has 6 heteroatoms. The summed E-state index contributed by atoms with van der Waals surface area (Å²) in [6.07, 6.45) is 0.596. The van der Waals surface area contributed by atoms with Crippen LogP contribution in [-0.4, -0.2) is 32.0 Å². The summed E-state index contributed by atoms with van der Waals surface area (Å²) in [7, 11) is -5.78. The van der Waals surface area contributed by atoms with Crippen molar-refractivity contribution < 1.29 is 8.63 Å². The van der Waals surface area contributed by atoms with Gasteiger partial charge in [0.25, 0.3) is 8.32 Å². The van der Waals surface area contributed by atoms with E-state index in [1.54, 1.807) is 0 Å². The second-order valence-corrected chi connectivity index (χ2v) is 23.0. The number of rotatable bonds is 8. The molecule has 3 nitrogen and oxygen atoms in total. The predicted octanol–water partition coefficient (Wildman–Crippen LogP) is 5.24. The minimum Gasteiger partial charge on any atom is -0.406 e. The summed E-state index contributed by atoms with van der Waals surface area (Å²) in [6, 6.07) is 21.3. The molecule has 2 N–H and O–H groups in total. The highest BCUT2D eigenvalue weighted by Crippen LogP contribution is 2.39. The van der Waals surface area contributed by atoms with E-state index in [0.717, 1.165) is 0 Å². The molecule has 186 valence electrons. The summed E-state index contributed by atoms with van der Waals surface area (Å²) in [5.41, 5.74) is 3.08. The lowest BCUT2D eigenvalue weighted by Gasteiger charge is -2.45. The van der Waals surface area contributed by atoms with Crippen LogP contribution in [0.5, 0.6) is 0 Å². The molecule has 0 aliphatic heterocycles. The van der Waals surface area contributed by atoms with Crippen molar-refractivity contribution in [1.29, 1.82) is 0 Å². The highest BCUT2D eigenvalue weighted by molar-refractivity contribution is 7.84. The van der Waals surface area contributed by atoms with Crippen LogP contribution < -0.4 is 15.5 Å². The summed E-state index contributed by atoms with van der Waals surface area (Å²) in [6.45, 7) is 20.1. The van der Waals surface area contributed by atoms with E-state index >= 15 is 0 Å². The zero-order valence-corrected chi connectivity index (χ0v) is 25.3. The number of nitrogens with two attached hydrogens (primary N) is 1. The maximum Gasteiger partial charge on any atom is 0.261 e. The molecule has 0 saturated heterocycles. The fourth-order valence-electron chi connectivity index (χ4n) is 4.51. The van der Waals surface area contributed by atoms with Crippen LogP contribution in [0.4, 0.5) is 0 Å². The van der Waals surface area contributed by atoms with E-state index in [9.17, 15) is 4.21 Å². The van der Waals surface area contributed by atoms with Gasteiger partial charge in [-0.25, -0.2) is 4.21 Å². The molecule has 0 aliphatic rings. The van der Waals surface area contributed by atoms with Gasteiger partial charge >= 0.3 is 0 Å². The Hall–Kier alpha value is -1.50. The first-order valence-corrected chi connectivity index (χ1v) is 18.6. The Morgan fingerprint density at radius 1 is 0.853 bits per heavy atom. The van der Waals surface area contributed by atoms with E-state index in [1.807, 2.05) is 13.8 Å². The highest BCUT2D eigenvalue weighted by Gasteiger charge is 2.51. The zero-order chi connectivity index (χ0) is 25.8.